The lowest BCUT2D eigenvalue weighted by atomic mass is 10.1. The van der Waals surface area contributed by atoms with Crippen molar-refractivity contribution in [3.8, 4) is 5.88 Å². The van der Waals surface area contributed by atoms with E-state index in [-0.39, 0.29) is 48.3 Å². The van der Waals surface area contributed by atoms with E-state index < -0.39 is 0 Å². The van der Waals surface area contributed by atoms with Gasteiger partial charge in [0.25, 0.3) is 11.8 Å². The van der Waals surface area contributed by atoms with Crippen LogP contribution >= 0.6 is 0 Å². The van der Waals surface area contributed by atoms with Crippen LogP contribution in [0.2, 0.25) is 0 Å². The molecule has 3 amide bonds. The first-order chi connectivity index (χ1) is 19.1. The quantitative estimate of drug-likeness (QED) is 0.564. The number of aromatic nitrogens is 1. The zero-order chi connectivity index (χ0) is 26.8. The molecule has 0 saturated carbocycles. The Bertz CT molecular complexity index is 1350. The van der Waals surface area contributed by atoms with Crippen molar-refractivity contribution in [1.29, 1.82) is 0 Å². The fourth-order valence-electron chi connectivity index (χ4n) is 5.80. The summed E-state index contributed by atoms with van der Waals surface area (Å²) < 4.78 is 6.08. The van der Waals surface area contributed by atoms with Gasteiger partial charge in [-0.3, -0.25) is 19.3 Å². The Morgan fingerprint density at radius 3 is 2.51 bits per heavy atom. The van der Waals surface area contributed by atoms with Crippen LogP contribution in [-0.4, -0.2) is 88.3 Å². The standard InChI is InChI=1S/C30H31N5O4/c36-27-25-12-7-13-31-28(25)39-20-24-19-33(29(37)22-10-5-2-6-11-22)14-15-35(24)30(38)26-16-23(32-27)18-34(26)17-21-8-3-1-4-9-21/h1-13,23-24,26H,14-20H2,(H,32,36)/t23-,24+,26+/m1/s1. The lowest BCUT2D eigenvalue weighted by molar-refractivity contribution is -0.141. The third-order valence-electron chi connectivity index (χ3n) is 7.75. The van der Waals surface area contributed by atoms with Gasteiger partial charge in [0.1, 0.15) is 12.2 Å². The number of hydrogen-bond acceptors (Lipinski definition) is 6. The van der Waals surface area contributed by atoms with E-state index in [9.17, 15) is 14.4 Å². The first-order valence-corrected chi connectivity index (χ1v) is 13.4. The highest BCUT2D eigenvalue weighted by atomic mass is 16.5. The molecule has 2 bridgehead atoms. The highest BCUT2D eigenvalue weighted by Gasteiger charge is 2.43. The summed E-state index contributed by atoms with van der Waals surface area (Å²) >= 11 is 0. The maximum Gasteiger partial charge on any atom is 0.257 e. The average Bonchev–Trinajstić information content (AvgIpc) is 3.37. The summed E-state index contributed by atoms with van der Waals surface area (Å²) in [7, 11) is 0. The number of rotatable bonds is 3. The molecule has 3 aromatic rings. The number of fused-ring (bicyclic) bond motifs is 4. The molecular formula is C30H31N5O4. The minimum Gasteiger partial charge on any atom is -0.475 e. The van der Waals surface area contributed by atoms with Crippen LogP contribution in [-0.2, 0) is 11.3 Å². The molecule has 0 radical (unpaired) electrons. The first kappa shape index (κ1) is 25.1. The van der Waals surface area contributed by atoms with E-state index in [4.69, 9.17) is 4.74 Å². The third kappa shape index (κ3) is 5.22. The van der Waals surface area contributed by atoms with Crippen LogP contribution in [0, 0.1) is 0 Å². The molecule has 200 valence electrons. The van der Waals surface area contributed by atoms with E-state index in [0.29, 0.717) is 50.3 Å². The highest BCUT2D eigenvalue weighted by Crippen LogP contribution is 2.27. The summed E-state index contributed by atoms with van der Waals surface area (Å²) in [5.41, 5.74) is 2.09. The molecule has 3 aliphatic heterocycles. The Labute approximate surface area is 227 Å². The molecule has 1 aromatic heterocycles. The predicted molar refractivity (Wildman–Crippen MR) is 144 cm³/mol. The second-order valence-electron chi connectivity index (χ2n) is 10.3. The Balaban J connectivity index is 1.31. The Morgan fingerprint density at radius 1 is 0.949 bits per heavy atom. The Hall–Kier alpha value is -4.24. The fraction of sp³-hybridized carbons (Fsp3) is 0.333. The zero-order valence-electron chi connectivity index (χ0n) is 21.6. The van der Waals surface area contributed by atoms with Gasteiger partial charge in [0.15, 0.2) is 0 Å². The largest absolute Gasteiger partial charge is 0.475 e. The number of pyridine rings is 1. The van der Waals surface area contributed by atoms with Crippen molar-refractivity contribution in [3.63, 3.8) is 0 Å². The van der Waals surface area contributed by atoms with E-state index in [1.54, 1.807) is 35.4 Å². The minimum absolute atomic E-state index is 0.00454. The van der Waals surface area contributed by atoms with Crippen molar-refractivity contribution in [3.05, 3.63) is 95.7 Å². The van der Waals surface area contributed by atoms with E-state index in [1.165, 1.54) is 0 Å². The maximum absolute atomic E-state index is 14.1. The number of piperazine rings is 1. The molecule has 39 heavy (non-hydrogen) atoms. The van der Waals surface area contributed by atoms with Gasteiger partial charge in [-0.2, -0.15) is 0 Å². The number of carbonyl (C=O) groups is 3. The number of likely N-dealkylation sites (tertiary alicyclic amines) is 1. The molecule has 3 aliphatic rings. The number of carbonyl (C=O) groups excluding carboxylic acids is 3. The maximum atomic E-state index is 14.1. The van der Waals surface area contributed by atoms with Gasteiger partial charge in [0.05, 0.1) is 12.1 Å². The van der Waals surface area contributed by atoms with Gasteiger partial charge in [-0.25, -0.2) is 4.98 Å². The Morgan fingerprint density at radius 2 is 1.72 bits per heavy atom. The lowest BCUT2D eigenvalue weighted by Crippen LogP contribution is -2.61. The summed E-state index contributed by atoms with van der Waals surface area (Å²) in [6.45, 7) is 2.47. The molecule has 2 aromatic carbocycles. The molecule has 2 saturated heterocycles. The molecule has 0 unspecified atom stereocenters. The normalized spacial score (nSPS) is 23.5. The van der Waals surface area contributed by atoms with Gasteiger partial charge in [-0.1, -0.05) is 48.5 Å². The van der Waals surface area contributed by atoms with Crippen molar-refractivity contribution < 1.29 is 19.1 Å². The summed E-state index contributed by atoms with van der Waals surface area (Å²) in [5, 5.41) is 3.11. The van der Waals surface area contributed by atoms with Crippen LogP contribution in [0.5, 0.6) is 5.88 Å². The van der Waals surface area contributed by atoms with E-state index in [0.717, 1.165) is 5.56 Å². The van der Waals surface area contributed by atoms with Crippen LogP contribution in [0.15, 0.2) is 79.0 Å². The second kappa shape index (κ2) is 10.9. The van der Waals surface area contributed by atoms with E-state index >= 15 is 0 Å². The van der Waals surface area contributed by atoms with E-state index in [1.807, 2.05) is 53.4 Å². The molecule has 9 nitrogen and oxygen atoms in total. The van der Waals surface area contributed by atoms with Gasteiger partial charge in [0, 0.05) is 50.5 Å². The Kier molecular flexibility index (Phi) is 6.98. The average molecular weight is 526 g/mol. The molecule has 3 atom stereocenters. The van der Waals surface area contributed by atoms with Gasteiger partial charge in [0.2, 0.25) is 11.8 Å². The number of nitrogens with one attached hydrogen (secondary N) is 1. The first-order valence-electron chi connectivity index (χ1n) is 13.4. The van der Waals surface area contributed by atoms with Crippen LogP contribution in [0.25, 0.3) is 0 Å². The smallest absolute Gasteiger partial charge is 0.257 e. The van der Waals surface area contributed by atoms with Crippen molar-refractivity contribution in [1.82, 2.24) is 25.0 Å². The monoisotopic (exact) mass is 525 g/mol. The third-order valence-corrected chi connectivity index (χ3v) is 7.75. The molecule has 4 heterocycles. The summed E-state index contributed by atoms with van der Waals surface area (Å²) in [6.07, 6.45) is 2.10. The highest BCUT2D eigenvalue weighted by molar-refractivity contribution is 5.97. The molecule has 0 aliphatic carbocycles. The van der Waals surface area contributed by atoms with Crippen molar-refractivity contribution in [2.75, 3.05) is 32.8 Å². The number of hydrogen-bond donors (Lipinski definition) is 1. The number of nitrogens with zero attached hydrogens (tertiary/aromatic N) is 4. The van der Waals surface area contributed by atoms with Gasteiger partial charge < -0.3 is 19.9 Å². The molecule has 2 fully saturated rings. The molecule has 6 rings (SSSR count). The molecular weight excluding hydrogens is 494 g/mol. The van der Waals surface area contributed by atoms with Crippen molar-refractivity contribution >= 4 is 17.7 Å². The van der Waals surface area contributed by atoms with Crippen LogP contribution in [0.3, 0.4) is 0 Å². The lowest BCUT2D eigenvalue weighted by Gasteiger charge is -2.43. The predicted octanol–water partition coefficient (Wildman–Crippen LogP) is 2.20. The van der Waals surface area contributed by atoms with E-state index in [2.05, 4.69) is 15.2 Å². The SMILES string of the molecule is O=C1N[C@@H]2C[C@@H](C(=O)N3CCN(C(=O)c4ccccc4)C[C@H]3COc3ncccc31)N(Cc1ccccc1)C2. The number of benzene rings is 2. The van der Waals surface area contributed by atoms with Gasteiger partial charge in [-0.15, -0.1) is 0 Å². The molecule has 9 heteroatoms. The zero-order valence-corrected chi connectivity index (χ0v) is 21.6. The summed E-state index contributed by atoms with van der Waals surface area (Å²) in [4.78, 5) is 50.7. The summed E-state index contributed by atoms with van der Waals surface area (Å²) in [5.74, 6) is -0.105. The topological polar surface area (TPSA) is 95.1 Å². The van der Waals surface area contributed by atoms with Crippen LogP contribution in [0.4, 0.5) is 0 Å². The number of ether oxygens (including phenoxy) is 1. The van der Waals surface area contributed by atoms with Gasteiger partial charge >= 0.3 is 0 Å². The number of amides is 3. The fourth-order valence-corrected chi connectivity index (χ4v) is 5.80. The van der Waals surface area contributed by atoms with Crippen molar-refractivity contribution in [2.24, 2.45) is 0 Å². The van der Waals surface area contributed by atoms with Crippen LogP contribution in [0.1, 0.15) is 32.7 Å². The minimum atomic E-state index is -0.387. The van der Waals surface area contributed by atoms with Gasteiger partial charge in [-0.05, 0) is 36.2 Å². The summed E-state index contributed by atoms with van der Waals surface area (Å²) in [6, 6.07) is 21.7. The molecule has 0 spiro atoms. The second-order valence-corrected chi connectivity index (χ2v) is 10.3. The molecule has 1 N–H and O–H groups in total. The van der Waals surface area contributed by atoms with Crippen molar-refractivity contribution in [2.45, 2.75) is 31.1 Å². The van der Waals surface area contributed by atoms with Crippen LogP contribution < -0.4 is 10.1 Å².